The zero-order chi connectivity index (χ0) is 13.8. The third-order valence-corrected chi connectivity index (χ3v) is 5.29. The van der Waals surface area contributed by atoms with E-state index in [1.165, 1.54) is 19.2 Å². The van der Waals surface area contributed by atoms with E-state index in [-0.39, 0.29) is 21.7 Å². The highest BCUT2D eigenvalue weighted by Gasteiger charge is 2.19. The number of esters is 1. The van der Waals surface area contributed by atoms with Crippen LogP contribution in [0, 0.1) is 0 Å². The largest absolute Gasteiger partial charge is 0.465 e. The van der Waals surface area contributed by atoms with Crippen LogP contribution in [0.5, 0.6) is 0 Å². The van der Waals surface area contributed by atoms with E-state index in [2.05, 4.69) is 14.8 Å². The van der Waals surface area contributed by atoms with Gasteiger partial charge in [-0.1, -0.05) is 0 Å². The fourth-order valence-electron chi connectivity index (χ4n) is 1.08. The highest BCUT2D eigenvalue weighted by Crippen LogP contribution is 2.21. The number of sulfonamides is 1. The predicted octanol–water partition coefficient (Wildman–Crippen LogP) is 0.421. The first-order valence-electron chi connectivity index (χ1n) is 5.25. The Labute approximate surface area is 110 Å². The Hall–Kier alpha value is -0.960. The molecule has 1 aromatic heterocycles. The Kier molecular flexibility index (Phi) is 5.27. The Balaban J connectivity index is 2.79. The summed E-state index contributed by atoms with van der Waals surface area (Å²) in [6.07, 6.45) is 0. The summed E-state index contributed by atoms with van der Waals surface area (Å²) >= 11 is 0.886. The van der Waals surface area contributed by atoms with Crippen molar-refractivity contribution in [3.63, 3.8) is 0 Å². The van der Waals surface area contributed by atoms with Crippen LogP contribution in [-0.2, 0) is 14.8 Å². The summed E-state index contributed by atoms with van der Waals surface area (Å²) in [5, 5.41) is 2.92. The number of hydrogen-bond donors (Lipinski definition) is 2. The lowest BCUT2D eigenvalue weighted by Crippen LogP contribution is -2.36. The highest BCUT2D eigenvalue weighted by atomic mass is 32.2. The second-order valence-electron chi connectivity index (χ2n) is 3.65. The van der Waals surface area contributed by atoms with E-state index < -0.39 is 16.0 Å². The van der Waals surface area contributed by atoms with Crippen molar-refractivity contribution in [1.82, 2.24) is 10.0 Å². The minimum atomic E-state index is -3.57. The second-order valence-corrected chi connectivity index (χ2v) is 6.73. The molecule has 0 aliphatic rings. The SMILES string of the molecule is CNC(C)CNS(=O)(=O)c1ccc(C(=O)OC)s1. The molecule has 0 saturated heterocycles. The zero-order valence-electron chi connectivity index (χ0n) is 10.4. The molecule has 1 aromatic rings. The smallest absolute Gasteiger partial charge is 0.348 e. The first-order valence-corrected chi connectivity index (χ1v) is 7.55. The standard InChI is InChI=1S/C10H16N2O4S2/c1-7(11-2)6-12-18(14,15)9-5-4-8(17-9)10(13)16-3/h4-5,7,11-12H,6H2,1-3H3. The number of carbonyl (C=O) groups is 1. The molecule has 0 fully saturated rings. The maximum absolute atomic E-state index is 11.9. The number of nitrogens with one attached hydrogen (secondary N) is 2. The third kappa shape index (κ3) is 3.77. The van der Waals surface area contributed by atoms with Gasteiger partial charge in [-0.05, 0) is 26.1 Å². The van der Waals surface area contributed by atoms with E-state index in [0.717, 1.165) is 11.3 Å². The molecule has 18 heavy (non-hydrogen) atoms. The lowest BCUT2D eigenvalue weighted by Gasteiger charge is -2.10. The molecule has 0 bridgehead atoms. The van der Waals surface area contributed by atoms with Crippen molar-refractivity contribution in [3.05, 3.63) is 17.0 Å². The highest BCUT2D eigenvalue weighted by molar-refractivity contribution is 7.91. The van der Waals surface area contributed by atoms with Crippen molar-refractivity contribution in [1.29, 1.82) is 0 Å². The van der Waals surface area contributed by atoms with Gasteiger partial charge in [-0.15, -0.1) is 11.3 Å². The minimum Gasteiger partial charge on any atom is -0.465 e. The van der Waals surface area contributed by atoms with Crippen LogP contribution >= 0.6 is 11.3 Å². The summed E-state index contributed by atoms with van der Waals surface area (Å²) in [5.41, 5.74) is 0. The molecule has 0 aliphatic heterocycles. The first-order chi connectivity index (χ1) is 8.40. The van der Waals surface area contributed by atoms with E-state index in [1.54, 1.807) is 7.05 Å². The Bertz CT molecular complexity index is 510. The molecule has 0 amide bonds. The van der Waals surface area contributed by atoms with Crippen LogP contribution in [0.4, 0.5) is 0 Å². The molecule has 1 heterocycles. The molecule has 0 radical (unpaired) electrons. The molecule has 0 aromatic carbocycles. The number of carbonyl (C=O) groups excluding carboxylic acids is 1. The number of thiophene rings is 1. The molecule has 6 nitrogen and oxygen atoms in total. The molecule has 2 N–H and O–H groups in total. The average Bonchev–Trinajstić information content (AvgIpc) is 2.85. The van der Waals surface area contributed by atoms with Gasteiger partial charge in [0.1, 0.15) is 9.09 Å². The van der Waals surface area contributed by atoms with Crippen LogP contribution in [0.1, 0.15) is 16.6 Å². The maximum atomic E-state index is 11.9. The van der Waals surface area contributed by atoms with Crippen molar-refractivity contribution < 1.29 is 17.9 Å². The minimum absolute atomic E-state index is 0.0276. The Morgan fingerprint density at radius 1 is 1.50 bits per heavy atom. The van der Waals surface area contributed by atoms with Gasteiger partial charge in [0.25, 0.3) is 0 Å². The van der Waals surface area contributed by atoms with Gasteiger partial charge in [0.05, 0.1) is 7.11 Å². The summed E-state index contributed by atoms with van der Waals surface area (Å²) in [6.45, 7) is 2.14. The molecular formula is C10H16N2O4S2. The van der Waals surface area contributed by atoms with Gasteiger partial charge in [-0.3, -0.25) is 0 Å². The number of hydrogen-bond acceptors (Lipinski definition) is 6. The number of ether oxygens (including phenoxy) is 1. The van der Waals surface area contributed by atoms with E-state index >= 15 is 0 Å². The van der Waals surface area contributed by atoms with Crippen LogP contribution in [0.2, 0.25) is 0 Å². The maximum Gasteiger partial charge on any atom is 0.348 e. The van der Waals surface area contributed by atoms with Gasteiger partial charge in [-0.2, -0.15) is 0 Å². The van der Waals surface area contributed by atoms with Crippen LogP contribution in [0.3, 0.4) is 0 Å². The number of methoxy groups -OCH3 is 1. The normalized spacial score (nSPS) is 13.3. The molecular weight excluding hydrogens is 276 g/mol. The zero-order valence-corrected chi connectivity index (χ0v) is 12.0. The van der Waals surface area contributed by atoms with Crippen molar-refractivity contribution in [2.45, 2.75) is 17.2 Å². The average molecular weight is 292 g/mol. The lowest BCUT2D eigenvalue weighted by atomic mass is 10.4. The number of rotatable bonds is 6. The second kappa shape index (κ2) is 6.28. The fourth-order valence-corrected chi connectivity index (χ4v) is 3.48. The topological polar surface area (TPSA) is 84.5 Å². The van der Waals surface area contributed by atoms with Crippen LogP contribution in [0.15, 0.2) is 16.3 Å². The van der Waals surface area contributed by atoms with E-state index in [0.29, 0.717) is 0 Å². The number of likely N-dealkylation sites (N-methyl/N-ethyl adjacent to an activating group) is 1. The summed E-state index contributed by atoms with van der Waals surface area (Å²) in [5.74, 6) is -0.537. The van der Waals surface area contributed by atoms with Gasteiger partial charge in [0, 0.05) is 12.6 Å². The van der Waals surface area contributed by atoms with Crippen LogP contribution < -0.4 is 10.0 Å². The van der Waals surface area contributed by atoms with E-state index in [1.807, 2.05) is 6.92 Å². The summed E-state index contributed by atoms with van der Waals surface area (Å²) < 4.78 is 30.9. The molecule has 0 aliphatic carbocycles. The molecule has 1 atom stereocenters. The monoisotopic (exact) mass is 292 g/mol. The Morgan fingerprint density at radius 3 is 2.72 bits per heavy atom. The van der Waals surface area contributed by atoms with Crippen LogP contribution in [-0.4, -0.2) is 41.1 Å². The molecule has 1 unspecified atom stereocenters. The van der Waals surface area contributed by atoms with Gasteiger partial charge in [0.2, 0.25) is 10.0 Å². The molecule has 8 heteroatoms. The van der Waals surface area contributed by atoms with E-state index in [9.17, 15) is 13.2 Å². The van der Waals surface area contributed by atoms with Crippen molar-refractivity contribution in [2.75, 3.05) is 20.7 Å². The summed E-state index contributed by atoms with van der Waals surface area (Å²) in [4.78, 5) is 11.5. The van der Waals surface area contributed by atoms with Gasteiger partial charge in [-0.25, -0.2) is 17.9 Å². The van der Waals surface area contributed by atoms with Crippen molar-refractivity contribution in [2.24, 2.45) is 0 Å². The summed E-state index contributed by atoms with van der Waals surface area (Å²) in [7, 11) is -0.563. The fraction of sp³-hybridized carbons (Fsp3) is 0.500. The molecule has 0 spiro atoms. The Morgan fingerprint density at radius 2 is 2.17 bits per heavy atom. The lowest BCUT2D eigenvalue weighted by molar-refractivity contribution is 0.0606. The first kappa shape index (κ1) is 15.1. The predicted molar refractivity (Wildman–Crippen MR) is 69.4 cm³/mol. The van der Waals surface area contributed by atoms with Gasteiger partial charge >= 0.3 is 5.97 Å². The summed E-state index contributed by atoms with van der Waals surface area (Å²) in [6, 6.07) is 2.86. The van der Waals surface area contributed by atoms with E-state index in [4.69, 9.17) is 0 Å². The third-order valence-electron chi connectivity index (χ3n) is 2.31. The molecule has 0 saturated carbocycles. The van der Waals surface area contributed by atoms with Crippen LogP contribution in [0.25, 0.3) is 0 Å². The van der Waals surface area contributed by atoms with Gasteiger partial charge in [0.15, 0.2) is 0 Å². The quantitative estimate of drug-likeness (QED) is 0.742. The van der Waals surface area contributed by atoms with Crippen molar-refractivity contribution in [3.8, 4) is 0 Å². The molecule has 1 rings (SSSR count). The van der Waals surface area contributed by atoms with Crippen molar-refractivity contribution >= 4 is 27.3 Å². The molecule has 102 valence electrons. The van der Waals surface area contributed by atoms with Gasteiger partial charge < -0.3 is 10.1 Å².